The van der Waals surface area contributed by atoms with Crippen LogP contribution in [0, 0.1) is 22.0 Å². The second-order valence-electron chi connectivity index (χ2n) is 6.74. The number of nitrogens with zero attached hydrogens (tertiary/aromatic N) is 1. The molecule has 0 radical (unpaired) electrons. The second kappa shape index (κ2) is 12.3. The first-order valence-electron chi connectivity index (χ1n) is 8.88. The largest absolute Gasteiger partial charge is 0.491 e. The van der Waals surface area contributed by atoms with Crippen molar-refractivity contribution >= 4 is 0 Å². The lowest BCUT2D eigenvalue weighted by Gasteiger charge is -2.17. The van der Waals surface area contributed by atoms with Crippen molar-refractivity contribution < 1.29 is 24.5 Å². The summed E-state index contributed by atoms with van der Waals surface area (Å²) in [7, 11) is 0. The molecule has 26 heavy (non-hydrogen) atoms. The van der Waals surface area contributed by atoms with Crippen molar-refractivity contribution in [2.45, 2.75) is 33.3 Å². The third-order valence-electron chi connectivity index (χ3n) is 3.54. The maximum absolute atomic E-state index is 10.1. The van der Waals surface area contributed by atoms with E-state index in [0.29, 0.717) is 29.9 Å². The summed E-state index contributed by atoms with van der Waals surface area (Å²) >= 11 is 0. The number of aliphatic hydroxyl groups is 1. The van der Waals surface area contributed by atoms with E-state index < -0.39 is 11.2 Å². The molecule has 0 aliphatic rings. The van der Waals surface area contributed by atoms with Gasteiger partial charge in [-0.15, -0.1) is 10.1 Å². The van der Waals surface area contributed by atoms with E-state index in [4.69, 9.17) is 9.47 Å². The highest BCUT2D eigenvalue weighted by molar-refractivity contribution is 5.32. The molecule has 0 amide bonds. The molecule has 0 aliphatic carbocycles. The minimum absolute atomic E-state index is 0.0611. The highest BCUT2D eigenvalue weighted by Crippen LogP contribution is 2.19. The smallest absolute Gasteiger partial charge is 0.294 e. The topological polar surface area (TPSA) is 103 Å². The van der Waals surface area contributed by atoms with E-state index in [-0.39, 0.29) is 19.8 Å². The van der Waals surface area contributed by atoms with Crippen molar-refractivity contribution in [1.82, 2.24) is 5.32 Å². The van der Waals surface area contributed by atoms with Crippen LogP contribution in [0.5, 0.6) is 11.5 Å². The summed E-state index contributed by atoms with van der Waals surface area (Å²) in [6.07, 6.45) is 0.540. The van der Waals surface area contributed by atoms with Gasteiger partial charge in [0, 0.05) is 12.6 Å². The quantitative estimate of drug-likeness (QED) is 0.294. The van der Waals surface area contributed by atoms with Gasteiger partial charge < -0.3 is 24.7 Å². The van der Waals surface area contributed by atoms with Crippen molar-refractivity contribution in [3.63, 3.8) is 0 Å². The number of hydrogen-bond donors (Lipinski definition) is 2. The molecule has 0 bridgehead atoms. The van der Waals surface area contributed by atoms with Gasteiger partial charge in [-0.3, -0.25) is 0 Å². The van der Waals surface area contributed by atoms with E-state index in [0.717, 1.165) is 13.0 Å². The normalized spacial score (nSPS) is 13.3. The molecule has 2 atom stereocenters. The van der Waals surface area contributed by atoms with Gasteiger partial charge in [0.05, 0.1) is 0 Å². The summed E-state index contributed by atoms with van der Waals surface area (Å²) in [5.74, 6) is 2.31. The lowest BCUT2D eigenvalue weighted by molar-refractivity contribution is -0.757. The lowest BCUT2D eigenvalue weighted by Crippen LogP contribution is -2.34. The van der Waals surface area contributed by atoms with Crippen LogP contribution in [0.4, 0.5) is 0 Å². The SMILES string of the molecule is CC(C)CC(C)CNCC(O)COc1cccc(OCCO[N+](=O)[O-])c1. The average molecular weight is 370 g/mol. The van der Waals surface area contributed by atoms with E-state index in [1.54, 1.807) is 24.3 Å². The fraction of sp³-hybridized carbons (Fsp3) is 0.667. The Morgan fingerprint density at radius 1 is 1.15 bits per heavy atom. The van der Waals surface area contributed by atoms with Crippen LogP contribution in [0.2, 0.25) is 0 Å². The zero-order valence-electron chi connectivity index (χ0n) is 15.7. The summed E-state index contributed by atoms with van der Waals surface area (Å²) in [6.45, 7) is 8.02. The fourth-order valence-corrected chi connectivity index (χ4v) is 2.56. The van der Waals surface area contributed by atoms with Crippen molar-refractivity contribution in [1.29, 1.82) is 0 Å². The van der Waals surface area contributed by atoms with Crippen molar-refractivity contribution in [2.24, 2.45) is 11.8 Å². The van der Waals surface area contributed by atoms with Crippen LogP contribution in [-0.4, -0.2) is 49.2 Å². The summed E-state index contributed by atoms with van der Waals surface area (Å²) in [5, 5.41) is 22.5. The molecule has 0 heterocycles. The van der Waals surface area contributed by atoms with Gasteiger partial charge in [0.15, 0.2) is 0 Å². The molecule has 0 spiro atoms. The van der Waals surface area contributed by atoms with Crippen molar-refractivity contribution in [3.05, 3.63) is 34.4 Å². The number of ether oxygens (including phenoxy) is 2. The molecule has 1 rings (SSSR count). The summed E-state index contributed by atoms with van der Waals surface area (Å²) in [6, 6.07) is 6.88. The molecule has 0 fully saturated rings. The van der Waals surface area contributed by atoms with E-state index in [2.05, 4.69) is 30.9 Å². The van der Waals surface area contributed by atoms with Gasteiger partial charge in [-0.1, -0.05) is 26.8 Å². The average Bonchev–Trinajstić information content (AvgIpc) is 2.56. The predicted molar refractivity (Wildman–Crippen MR) is 97.9 cm³/mol. The Morgan fingerprint density at radius 2 is 1.85 bits per heavy atom. The molecule has 2 unspecified atom stereocenters. The molecule has 2 N–H and O–H groups in total. The Balaban J connectivity index is 2.24. The van der Waals surface area contributed by atoms with E-state index in [1.807, 2.05) is 0 Å². The number of rotatable bonds is 14. The van der Waals surface area contributed by atoms with Gasteiger partial charge in [-0.2, -0.15) is 0 Å². The second-order valence-corrected chi connectivity index (χ2v) is 6.74. The van der Waals surface area contributed by atoms with Gasteiger partial charge in [0.25, 0.3) is 5.09 Å². The molecule has 0 aromatic heterocycles. The Labute approximate surface area is 154 Å². The molecular formula is C18H30N2O6. The first kappa shape index (κ1) is 22.0. The number of nitrogens with one attached hydrogen (secondary N) is 1. The third kappa shape index (κ3) is 10.7. The van der Waals surface area contributed by atoms with Gasteiger partial charge in [-0.05, 0) is 36.9 Å². The van der Waals surface area contributed by atoms with E-state index >= 15 is 0 Å². The third-order valence-corrected chi connectivity index (χ3v) is 3.54. The molecule has 8 heteroatoms. The molecule has 8 nitrogen and oxygen atoms in total. The Morgan fingerprint density at radius 3 is 2.50 bits per heavy atom. The van der Waals surface area contributed by atoms with Gasteiger partial charge in [0.2, 0.25) is 0 Å². The molecule has 1 aromatic carbocycles. The lowest BCUT2D eigenvalue weighted by atomic mass is 9.99. The van der Waals surface area contributed by atoms with Crippen LogP contribution < -0.4 is 14.8 Å². The predicted octanol–water partition coefficient (Wildman–Crippen LogP) is 2.29. The highest BCUT2D eigenvalue weighted by Gasteiger charge is 2.09. The maximum Gasteiger partial charge on any atom is 0.294 e. The van der Waals surface area contributed by atoms with Crippen LogP contribution in [-0.2, 0) is 4.84 Å². The summed E-state index contributed by atoms with van der Waals surface area (Å²) < 4.78 is 10.9. The molecule has 148 valence electrons. The highest BCUT2D eigenvalue weighted by atomic mass is 17.0. The molecule has 0 saturated carbocycles. The van der Waals surface area contributed by atoms with Crippen LogP contribution >= 0.6 is 0 Å². The zero-order chi connectivity index (χ0) is 19.4. The molecular weight excluding hydrogens is 340 g/mol. The number of benzene rings is 1. The van der Waals surface area contributed by atoms with Crippen LogP contribution in [0.3, 0.4) is 0 Å². The fourth-order valence-electron chi connectivity index (χ4n) is 2.56. The van der Waals surface area contributed by atoms with Gasteiger partial charge >= 0.3 is 0 Å². The summed E-state index contributed by atoms with van der Waals surface area (Å²) in [4.78, 5) is 14.2. The Bertz CT molecular complexity index is 526. The Kier molecular flexibility index (Phi) is 10.4. The Hall–Kier alpha value is -2.06. The molecule has 0 aliphatic heterocycles. The first-order valence-corrected chi connectivity index (χ1v) is 8.88. The van der Waals surface area contributed by atoms with Crippen molar-refractivity contribution in [2.75, 3.05) is 32.9 Å². The minimum atomic E-state index is -0.859. The standard InChI is InChI=1S/C18H30N2O6/c1-14(2)9-15(3)11-19-12-16(21)13-25-18-6-4-5-17(10-18)24-7-8-26-20(22)23/h4-6,10,14-16,19,21H,7-9,11-13H2,1-3H3. The van der Waals surface area contributed by atoms with Crippen LogP contribution in [0.15, 0.2) is 24.3 Å². The van der Waals surface area contributed by atoms with Crippen molar-refractivity contribution in [3.8, 4) is 11.5 Å². The molecule has 0 saturated heterocycles. The van der Waals surface area contributed by atoms with E-state index in [9.17, 15) is 15.2 Å². The molecule has 1 aromatic rings. The zero-order valence-corrected chi connectivity index (χ0v) is 15.7. The van der Waals surface area contributed by atoms with E-state index in [1.165, 1.54) is 0 Å². The number of aliphatic hydroxyl groups excluding tert-OH is 1. The monoisotopic (exact) mass is 370 g/mol. The minimum Gasteiger partial charge on any atom is -0.491 e. The van der Waals surface area contributed by atoms with Crippen LogP contribution in [0.1, 0.15) is 27.2 Å². The number of hydrogen-bond acceptors (Lipinski definition) is 7. The van der Waals surface area contributed by atoms with Gasteiger partial charge in [-0.25, -0.2) is 0 Å². The van der Waals surface area contributed by atoms with Gasteiger partial charge in [0.1, 0.15) is 37.4 Å². The van der Waals surface area contributed by atoms with Crippen LogP contribution in [0.25, 0.3) is 0 Å². The summed E-state index contributed by atoms with van der Waals surface area (Å²) in [5.41, 5.74) is 0. The maximum atomic E-state index is 10.1. The first-order chi connectivity index (χ1) is 12.4.